The Morgan fingerprint density at radius 1 is 1.27 bits per heavy atom. The highest BCUT2D eigenvalue weighted by Gasteiger charge is 2.30. The molecule has 0 atom stereocenters. The number of ether oxygens (including phenoxy) is 1. The second-order valence-corrected chi connectivity index (χ2v) is 6.45. The van der Waals surface area contributed by atoms with E-state index in [0.717, 1.165) is 18.9 Å². The predicted octanol–water partition coefficient (Wildman–Crippen LogP) is 3.82. The molecule has 0 bridgehead atoms. The van der Waals surface area contributed by atoms with Gasteiger partial charge >= 0.3 is 0 Å². The zero-order chi connectivity index (χ0) is 18.3. The van der Waals surface area contributed by atoms with Gasteiger partial charge in [0.2, 0.25) is 5.28 Å². The summed E-state index contributed by atoms with van der Waals surface area (Å²) >= 11 is 5.93. The van der Waals surface area contributed by atoms with Crippen molar-refractivity contribution in [2.45, 2.75) is 18.9 Å². The third-order valence-corrected chi connectivity index (χ3v) is 4.42. The summed E-state index contributed by atoms with van der Waals surface area (Å²) in [7, 11) is 1.60. The van der Waals surface area contributed by atoms with Gasteiger partial charge in [0.1, 0.15) is 11.6 Å². The largest absolute Gasteiger partial charge is 0.383 e. The average Bonchev–Trinajstić information content (AvgIpc) is 3.38. The number of hydrogen-bond donors (Lipinski definition) is 1. The van der Waals surface area contributed by atoms with Crippen LogP contribution in [0.4, 0.5) is 14.6 Å². The summed E-state index contributed by atoms with van der Waals surface area (Å²) in [4.78, 5) is 12.8. The van der Waals surface area contributed by atoms with Gasteiger partial charge in [0, 0.05) is 38.0 Å². The molecule has 0 spiro atoms. The molecule has 2 heterocycles. The van der Waals surface area contributed by atoms with Crippen LogP contribution in [0.3, 0.4) is 0 Å². The van der Waals surface area contributed by atoms with Crippen LogP contribution in [0.5, 0.6) is 0 Å². The van der Waals surface area contributed by atoms with Gasteiger partial charge in [0.15, 0.2) is 11.6 Å². The Hall–Kier alpha value is -2.32. The fraction of sp³-hybridized carbons (Fsp3) is 0.353. The van der Waals surface area contributed by atoms with Crippen molar-refractivity contribution >= 4 is 28.5 Å². The third kappa shape index (κ3) is 3.10. The van der Waals surface area contributed by atoms with Crippen LogP contribution in [-0.2, 0) is 4.74 Å². The summed E-state index contributed by atoms with van der Waals surface area (Å²) in [6.45, 7) is 1.00. The molecule has 9 heteroatoms. The summed E-state index contributed by atoms with van der Waals surface area (Å²) in [6, 6.07) is 2.50. The Labute approximate surface area is 153 Å². The maximum atomic E-state index is 13.8. The zero-order valence-corrected chi connectivity index (χ0v) is 14.7. The fourth-order valence-electron chi connectivity index (χ4n) is 2.91. The average molecular weight is 380 g/mol. The molecule has 1 N–H and O–H groups in total. The van der Waals surface area contributed by atoms with Crippen molar-refractivity contribution in [3.05, 3.63) is 35.2 Å². The van der Waals surface area contributed by atoms with Crippen LogP contribution in [0.2, 0.25) is 5.28 Å². The minimum absolute atomic E-state index is 0.0971. The van der Waals surface area contributed by atoms with E-state index in [9.17, 15) is 8.78 Å². The van der Waals surface area contributed by atoms with E-state index in [4.69, 9.17) is 16.3 Å². The first-order valence-corrected chi connectivity index (χ1v) is 8.59. The molecule has 2 aromatic heterocycles. The van der Waals surface area contributed by atoms with Crippen molar-refractivity contribution in [2.24, 2.45) is 0 Å². The monoisotopic (exact) mass is 379 g/mol. The molecule has 1 saturated carbocycles. The SMILES string of the molecule is COCCNc1nc(Cl)ncc1-c1nc2cc(F)c(F)cc2n1C1CC1. The Balaban J connectivity index is 1.87. The summed E-state index contributed by atoms with van der Waals surface area (Å²) in [5, 5.41) is 3.24. The zero-order valence-electron chi connectivity index (χ0n) is 14.0. The van der Waals surface area contributed by atoms with E-state index < -0.39 is 11.6 Å². The molecule has 1 fully saturated rings. The number of halogens is 3. The van der Waals surface area contributed by atoms with E-state index in [2.05, 4.69) is 20.3 Å². The van der Waals surface area contributed by atoms with E-state index in [0.29, 0.717) is 41.4 Å². The first kappa shape index (κ1) is 17.1. The van der Waals surface area contributed by atoms with E-state index in [1.165, 1.54) is 6.07 Å². The molecule has 0 aliphatic heterocycles. The Morgan fingerprint density at radius 3 is 2.77 bits per heavy atom. The smallest absolute Gasteiger partial charge is 0.224 e. The number of nitrogens with one attached hydrogen (secondary N) is 1. The van der Waals surface area contributed by atoms with Crippen LogP contribution in [0, 0.1) is 11.6 Å². The van der Waals surface area contributed by atoms with Gasteiger partial charge in [-0.1, -0.05) is 0 Å². The number of nitrogens with zero attached hydrogens (tertiary/aromatic N) is 4. The number of rotatable bonds is 6. The molecule has 4 rings (SSSR count). The first-order chi connectivity index (χ1) is 12.6. The quantitative estimate of drug-likeness (QED) is 0.521. The maximum absolute atomic E-state index is 13.8. The van der Waals surface area contributed by atoms with E-state index in [1.54, 1.807) is 13.3 Å². The van der Waals surface area contributed by atoms with Crippen molar-refractivity contribution in [3.63, 3.8) is 0 Å². The normalized spacial score (nSPS) is 14.2. The molecule has 0 radical (unpaired) electrons. The lowest BCUT2D eigenvalue weighted by atomic mass is 10.2. The highest BCUT2D eigenvalue weighted by atomic mass is 35.5. The highest BCUT2D eigenvalue weighted by molar-refractivity contribution is 6.28. The van der Waals surface area contributed by atoms with Crippen LogP contribution < -0.4 is 5.32 Å². The fourth-order valence-corrected chi connectivity index (χ4v) is 3.05. The molecule has 26 heavy (non-hydrogen) atoms. The van der Waals surface area contributed by atoms with Crippen LogP contribution in [0.25, 0.3) is 22.4 Å². The van der Waals surface area contributed by atoms with Gasteiger partial charge < -0.3 is 14.6 Å². The van der Waals surface area contributed by atoms with E-state index in [1.807, 2.05) is 4.57 Å². The van der Waals surface area contributed by atoms with Crippen LogP contribution in [-0.4, -0.2) is 39.8 Å². The van der Waals surface area contributed by atoms with Crippen molar-refractivity contribution < 1.29 is 13.5 Å². The van der Waals surface area contributed by atoms with Gasteiger partial charge in [-0.05, 0) is 24.4 Å². The lowest BCUT2D eigenvalue weighted by Crippen LogP contribution is -2.11. The molecule has 1 aromatic carbocycles. The number of hydrogen-bond acceptors (Lipinski definition) is 5. The Kier molecular flexibility index (Phi) is 4.46. The minimum Gasteiger partial charge on any atom is -0.383 e. The second kappa shape index (κ2) is 6.77. The van der Waals surface area contributed by atoms with Gasteiger partial charge in [-0.15, -0.1) is 0 Å². The lowest BCUT2D eigenvalue weighted by Gasteiger charge is -2.12. The topological polar surface area (TPSA) is 64.9 Å². The molecule has 0 unspecified atom stereocenters. The number of benzene rings is 1. The standard InChI is InChI=1S/C17H16ClF2N5O/c1-26-5-4-21-15-10(8-22-17(18)24-15)16-23-13-6-11(19)12(20)7-14(13)25(16)9-2-3-9/h6-9H,2-5H2,1H3,(H,21,22,24). The molecule has 1 aliphatic rings. The molecule has 0 amide bonds. The second-order valence-electron chi connectivity index (χ2n) is 6.11. The maximum Gasteiger partial charge on any atom is 0.224 e. The summed E-state index contributed by atoms with van der Waals surface area (Å²) < 4.78 is 34.4. The Bertz CT molecular complexity index is 973. The van der Waals surface area contributed by atoms with Crippen molar-refractivity contribution in [1.82, 2.24) is 19.5 Å². The molecular formula is C17H16ClF2N5O. The number of imidazole rings is 1. The lowest BCUT2D eigenvalue weighted by molar-refractivity contribution is 0.210. The summed E-state index contributed by atoms with van der Waals surface area (Å²) in [5.41, 5.74) is 1.57. The van der Waals surface area contributed by atoms with Crippen molar-refractivity contribution in [2.75, 3.05) is 25.6 Å². The van der Waals surface area contributed by atoms with E-state index >= 15 is 0 Å². The predicted molar refractivity (Wildman–Crippen MR) is 94.3 cm³/mol. The van der Waals surface area contributed by atoms with Gasteiger partial charge in [0.05, 0.1) is 23.2 Å². The molecule has 0 saturated heterocycles. The van der Waals surface area contributed by atoms with Crippen molar-refractivity contribution in [3.8, 4) is 11.4 Å². The first-order valence-electron chi connectivity index (χ1n) is 8.21. The van der Waals surface area contributed by atoms with Crippen LogP contribution >= 0.6 is 11.6 Å². The van der Waals surface area contributed by atoms with E-state index in [-0.39, 0.29) is 11.3 Å². The molecule has 6 nitrogen and oxygen atoms in total. The molecular weight excluding hydrogens is 364 g/mol. The minimum atomic E-state index is -0.921. The number of fused-ring (bicyclic) bond motifs is 1. The molecule has 136 valence electrons. The van der Waals surface area contributed by atoms with Crippen LogP contribution in [0.15, 0.2) is 18.3 Å². The van der Waals surface area contributed by atoms with Crippen molar-refractivity contribution in [1.29, 1.82) is 0 Å². The number of methoxy groups -OCH3 is 1. The number of aromatic nitrogens is 4. The highest BCUT2D eigenvalue weighted by Crippen LogP contribution is 2.42. The molecule has 1 aliphatic carbocycles. The molecule has 3 aromatic rings. The van der Waals surface area contributed by atoms with Gasteiger partial charge in [-0.25, -0.2) is 23.7 Å². The summed E-state index contributed by atoms with van der Waals surface area (Å²) in [6.07, 6.45) is 3.48. The Morgan fingerprint density at radius 2 is 2.04 bits per heavy atom. The van der Waals surface area contributed by atoms with Gasteiger partial charge in [-0.2, -0.15) is 0 Å². The van der Waals surface area contributed by atoms with Crippen LogP contribution in [0.1, 0.15) is 18.9 Å². The third-order valence-electron chi connectivity index (χ3n) is 4.24. The van der Waals surface area contributed by atoms with Gasteiger partial charge in [0.25, 0.3) is 0 Å². The van der Waals surface area contributed by atoms with Gasteiger partial charge in [-0.3, -0.25) is 0 Å². The summed E-state index contributed by atoms with van der Waals surface area (Å²) in [5.74, 6) is -0.753. The number of anilines is 1.